The van der Waals surface area contributed by atoms with Gasteiger partial charge in [-0.2, -0.15) is 0 Å². The van der Waals surface area contributed by atoms with Gasteiger partial charge in [0.25, 0.3) is 0 Å². The maximum Gasteiger partial charge on any atom is 0.0492 e. The summed E-state index contributed by atoms with van der Waals surface area (Å²) >= 11 is 0. The minimum Gasteiger partial charge on any atom is -0.340 e. The first-order valence-corrected chi connectivity index (χ1v) is 35.9. The summed E-state index contributed by atoms with van der Waals surface area (Å²) < 4.78 is 10.2. The Bertz CT molecular complexity index is 4350. The smallest absolute Gasteiger partial charge is 0.0492 e. The summed E-state index contributed by atoms with van der Waals surface area (Å²) in [7, 11) is 0. The van der Waals surface area contributed by atoms with E-state index in [1.807, 2.05) is 0 Å². The van der Waals surface area contributed by atoms with Crippen LogP contribution in [-0.2, 0) is 26.2 Å². The van der Waals surface area contributed by atoms with E-state index in [1.165, 1.54) is 113 Å². The lowest BCUT2D eigenvalue weighted by Crippen LogP contribution is -2.13. The van der Waals surface area contributed by atoms with E-state index in [4.69, 9.17) is 0 Å². The molecule has 0 radical (unpaired) electrons. The van der Waals surface area contributed by atoms with Crippen LogP contribution in [0, 0.1) is 92.7 Å². The number of rotatable bonds is 16. The van der Waals surface area contributed by atoms with Crippen molar-refractivity contribution in [2.45, 2.75) is 188 Å². The largest absolute Gasteiger partial charge is 0.340 e. The Morgan fingerprint density at radius 3 is 0.490 bits per heavy atom. The molecule has 0 aliphatic heterocycles. The van der Waals surface area contributed by atoms with E-state index in [1.54, 1.807) is 0 Å². The summed E-state index contributed by atoms with van der Waals surface area (Å²) in [5.74, 6) is 31.7. The molecule has 0 N–H and O–H groups in total. The van der Waals surface area contributed by atoms with Gasteiger partial charge in [0.2, 0.25) is 0 Å². The molecule has 96 heavy (non-hydrogen) atoms. The quantitative estimate of drug-likeness (QED) is 0.0859. The second-order valence-electron chi connectivity index (χ2n) is 34.1. The SMILES string of the molecule is CC(CCn1c2ccc3cc2c2cc(ccc21)C#Cc1ccc2c(c1)c1cc(ccc1n2CCC(C)CC(C)(C)C)C#Cc1ccc2c(c1)c1cc(ccc1n2CCC(C)CC(C)(C)C)C#Cc1ccc2c(c1)c1cc(ccc1n2CCC(C)CC(C)(C)C)C#C3)CC(C)(C)C. The van der Waals surface area contributed by atoms with Gasteiger partial charge in [-0.05, 0) is 242 Å². The van der Waals surface area contributed by atoms with E-state index in [-0.39, 0.29) is 21.7 Å². The number of hydrogen-bond donors (Lipinski definition) is 0. The van der Waals surface area contributed by atoms with Crippen LogP contribution in [0.4, 0.5) is 0 Å². The van der Waals surface area contributed by atoms with Crippen LogP contribution in [0.25, 0.3) is 87.2 Å². The molecule has 0 fully saturated rings. The number of aryl methyl sites for hydroxylation is 4. The average Bonchev–Trinajstić information content (AvgIpc) is 1.60. The fourth-order valence-electron chi connectivity index (χ4n) is 16.6. The minimum absolute atomic E-state index is 0.275. The molecule has 12 aromatic rings. The van der Waals surface area contributed by atoms with Crippen molar-refractivity contribution in [2.75, 3.05) is 0 Å². The number of hydrogen-bond acceptors (Lipinski definition) is 0. The van der Waals surface area contributed by atoms with Crippen LogP contribution in [0.3, 0.4) is 0 Å². The zero-order chi connectivity index (χ0) is 67.6. The third-order valence-electron chi connectivity index (χ3n) is 20.1. The summed E-state index contributed by atoms with van der Waals surface area (Å²) in [6, 6.07) is 54.8. The van der Waals surface area contributed by atoms with Crippen LogP contribution in [0.2, 0.25) is 0 Å². The molecule has 4 aromatic heterocycles. The minimum atomic E-state index is 0.275. The first kappa shape index (κ1) is 65.8. The van der Waals surface area contributed by atoms with Crippen LogP contribution in [0.5, 0.6) is 0 Å². The van der Waals surface area contributed by atoms with Gasteiger partial charge in [-0.25, -0.2) is 0 Å². The molecule has 13 rings (SSSR count). The topological polar surface area (TPSA) is 19.7 Å². The lowest BCUT2D eigenvalue weighted by molar-refractivity contribution is 0.290. The van der Waals surface area contributed by atoms with Crippen molar-refractivity contribution in [1.29, 1.82) is 0 Å². The highest BCUT2D eigenvalue weighted by atomic mass is 15.0. The van der Waals surface area contributed by atoms with Crippen LogP contribution < -0.4 is 0 Å². The molecule has 0 saturated heterocycles. The number of nitrogens with zero attached hydrogens (tertiary/aromatic N) is 4. The van der Waals surface area contributed by atoms with Crippen molar-refractivity contribution in [3.8, 4) is 47.4 Å². The predicted molar refractivity (Wildman–Crippen MR) is 413 cm³/mol. The second kappa shape index (κ2) is 26.0. The summed E-state index contributed by atoms with van der Waals surface area (Å²) in [5, 5.41) is 9.69. The highest BCUT2D eigenvalue weighted by Crippen LogP contribution is 2.39. The summed E-state index contributed by atoms with van der Waals surface area (Å²) in [6.07, 6.45) is 9.14. The van der Waals surface area contributed by atoms with E-state index < -0.39 is 0 Å². The van der Waals surface area contributed by atoms with Crippen LogP contribution in [0.15, 0.2) is 146 Å². The van der Waals surface area contributed by atoms with Gasteiger partial charge < -0.3 is 18.3 Å². The molecule has 8 aromatic carbocycles. The molecule has 0 saturated carbocycles. The van der Waals surface area contributed by atoms with Crippen molar-refractivity contribution in [2.24, 2.45) is 45.3 Å². The third-order valence-corrected chi connectivity index (χ3v) is 20.1. The van der Waals surface area contributed by atoms with Gasteiger partial charge in [-0.1, -0.05) is 158 Å². The zero-order valence-corrected chi connectivity index (χ0v) is 60.4. The molecule has 1 aliphatic rings. The normalized spacial score (nSPS) is 14.2. The molecule has 4 nitrogen and oxygen atoms in total. The zero-order valence-electron chi connectivity index (χ0n) is 60.4. The highest BCUT2D eigenvalue weighted by Gasteiger charge is 2.23. The Morgan fingerprint density at radius 2 is 0.365 bits per heavy atom. The molecule has 0 amide bonds. The van der Waals surface area contributed by atoms with Gasteiger partial charge in [-0.3, -0.25) is 0 Å². The summed E-state index contributed by atoms with van der Waals surface area (Å²) in [4.78, 5) is 0. The van der Waals surface area contributed by atoms with Gasteiger partial charge in [0.15, 0.2) is 0 Å². The van der Waals surface area contributed by atoms with E-state index >= 15 is 0 Å². The Labute approximate surface area is 573 Å². The molecule has 4 heterocycles. The average molecular weight is 1260 g/mol. The van der Waals surface area contributed by atoms with Crippen LogP contribution in [-0.4, -0.2) is 18.3 Å². The number of benzene rings is 8. The van der Waals surface area contributed by atoms with E-state index in [0.717, 1.165) is 96.4 Å². The Kier molecular flexibility index (Phi) is 17.8. The van der Waals surface area contributed by atoms with Crippen molar-refractivity contribution in [3.63, 3.8) is 0 Å². The molecule has 4 heteroatoms. The van der Waals surface area contributed by atoms with E-state index in [9.17, 15) is 0 Å². The maximum absolute atomic E-state index is 3.67. The molecular formula is C92H100N4. The lowest BCUT2D eigenvalue weighted by atomic mass is 9.84. The van der Waals surface area contributed by atoms with Crippen molar-refractivity contribution < 1.29 is 0 Å². The molecule has 4 unspecified atom stereocenters. The monoisotopic (exact) mass is 1260 g/mol. The molecule has 16 bridgehead atoms. The predicted octanol–water partition coefficient (Wildman–Crippen LogP) is 23.9. The van der Waals surface area contributed by atoms with Crippen LogP contribution >= 0.6 is 0 Å². The fraction of sp³-hybridized carbons (Fsp3) is 0.391. The molecular weight excluding hydrogens is 1160 g/mol. The fourth-order valence-corrected chi connectivity index (χ4v) is 16.6. The maximum atomic E-state index is 3.67. The lowest BCUT2D eigenvalue weighted by Gasteiger charge is -2.23. The Morgan fingerprint density at radius 1 is 0.229 bits per heavy atom. The van der Waals surface area contributed by atoms with Gasteiger partial charge in [-0.15, -0.1) is 0 Å². The first-order chi connectivity index (χ1) is 45.6. The first-order valence-electron chi connectivity index (χ1n) is 35.9. The second-order valence-corrected chi connectivity index (χ2v) is 34.1. The highest BCUT2D eigenvalue weighted by molar-refractivity contribution is 6.12. The Balaban J connectivity index is 0.977. The number of fused-ring (bicyclic) bond motifs is 8. The van der Waals surface area contributed by atoms with Crippen molar-refractivity contribution >= 4 is 87.2 Å². The van der Waals surface area contributed by atoms with Crippen LogP contribution in [0.1, 0.15) is 207 Å². The summed E-state index contributed by atoms with van der Waals surface area (Å²) in [6.45, 7) is 41.8. The molecule has 4 atom stereocenters. The van der Waals surface area contributed by atoms with Gasteiger partial charge in [0.05, 0.1) is 0 Å². The van der Waals surface area contributed by atoms with Crippen molar-refractivity contribution in [3.05, 3.63) is 190 Å². The number of aromatic nitrogens is 4. The van der Waals surface area contributed by atoms with Gasteiger partial charge in [0.1, 0.15) is 0 Å². The van der Waals surface area contributed by atoms with Crippen molar-refractivity contribution in [1.82, 2.24) is 18.3 Å². The molecule has 0 spiro atoms. The van der Waals surface area contributed by atoms with Gasteiger partial charge in [0, 0.05) is 158 Å². The third kappa shape index (κ3) is 14.6. The summed E-state index contributed by atoms with van der Waals surface area (Å²) in [5.41, 5.74) is 19.0. The Hall–Kier alpha value is -8.80. The molecule has 488 valence electrons. The molecule has 1 aliphatic carbocycles. The van der Waals surface area contributed by atoms with Gasteiger partial charge >= 0.3 is 0 Å². The van der Waals surface area contributed by atoms with E-state index in [2.05, 4.69) is 322 Å². The van der Waals surface area contributed by atoms with E-state index in [0.29, 0.717) is 23.7 Å². The standard InChI is InChI=1S/C92H100N4/c1-61(57-89(5,6)7)41-45-93-81-33-25-65-17-19-67-27-35-83-75(51-67)77-53-69(29-37-85(77)94(83)46-42-62(2)58-90(8,9)10)21-23-71-31-39-87-79(55-71)80-56-72(32-40-88(80)96(87)48-44-64(4)60-92(14,15)16)24-22-70-30-38-86-78(54-70)76-52-68(20-18-66-26-34-82(93)74(50-66)73(81)49-65)28-36-84(76)95(86)47-43-63(3)59-91(11,12)13/h25-40,49-56,61-64H,41-48,57-60H2,1-16H3.